The Hall–Kier alpha value is -1.40. The highest BCUT2D eigenvalue weighted by Crippen LogP contribution is 2.28. The Morgan fingerprint density at radius 2 is 2.37 bits per heavy atom. The van der Waals surface area contributed by atoms with Gasteiger partial charge in [0.25, 0.3) is 0 Å². The minimum atomic E-state index is -0.503. The van der Waals surface area contributed by atoms with E-state index in [1.165, 1.54) is 12.3 Å². The fraction of sp³-hybridized carbons (Fsp3) is 0.583. The van der Waals surface area contributed by atoms with Gasteiger partial charge in [-0.15, -0.1) is 0 Å². The summed E-state index contributed by atoms with van der Waals surface area (Å²) in [5.74, 6) is 0.551. The van der Waals surface area contributed by atoms with Gasteiger partial charge in [-0.3, -0.25) is 10.1 Å². The number of aromatic nitrogens is 1. The van der Waals surface area contributed by atoms with Crippen LogP contribution in [0.1, 0.15) is 25.7 Å². The van der Waals surface area contributed by atoms with E-state index < -0.39 is 4.92 Å². The van der Waals surface area contributed by atoms with Crippen molar-refractivity contribution in [3.8, 4) is 0 Å². The average molecular weight is 286 g/mol. The first-order valence-corrected chi connectivity index (χ1v) is 6.66. The van der Waals surface area contributed by atoms with E-state index in [0.29, 0.717) is 12.5 Å². The molecule has 1 saturated carbocycles. The summed E-state index contributed by atoms with van der Waals surface area (Å²) >= 11 is 5.70. The number of anilines is 1. The van der Waals surface area contributed by atoms with Crippen molar-refractivity contribution in [1.82, 2.24) is 4.98 Å². The third kappa shape index (κ3) is 3.78. The molecule has 0 radical (unpaired) electrons. The summed E-state index contributed by atoms with van der Waals surface area (Å²) in [7, 11) is 0. The summed E-state index contributed by atoms with van der Waals surface area (Å²) in [6.07, 6.45) is 4.71. The van der Waals surface area contributed by atoms with E-state index in [-0.39, 0.29) is 22.6 Å². The number of rotatable bonds is 4. The Labute approximate surface area is 116 Å². The highest BCUT2D eigenvalue weighted by Gasteiger charge is 2.22. The van der Waals surface area contributed by atoms with Crippen molar-refractivity contribution in [2.45, 2.75) is 31.8 Å². The van der Waals surface area contributed by atoms with Crippen LogP contribution in [0.5, 0.6) is 0 Å². The number of aliphatic hydroxyl groups is 1. The molecule has 104 valence electrons. The number of pyridine rings is 1. The summed E-state index contributed by atoms with van der Waals surface area (Å²) < 4.78 is 0. The molecule has 6 nitrogen and oxygen atoms in total. The quantitative estimate of drug-likeness (QED) is 0.656. The molecule has 0 aromatic carbocycles. The minimum absolute atomic E-state index is 0.121. The third-order valence-corrected chi connectivity index (χ3v) is 3.55. The molecule has 2 unspecified atom stereocenters. The van der Waals surface area contributed by atoms with Crippen molar-refractivity contribution < 1.29 is 10.0 Å². The third-order valence-electron chi connectivity index (χ3n) is 3.34. The normalized spacial score (nSPS) is 23.1. The zero-order valence-corrected chi connectivity index (χ0v) is 11.1. The first kappa shape index (κ1) is 14.0. The van der Waals surface area contributed by atoms with Crippen molar-refractivity contribution in [2.75, 3.05) is 11.9 Å². The van der Waals surface area contributed by atoms with Gasteiger partial charge in [0.15, 0.2) is 0 Å². The predicted molar refractivity (Wildman–Crippen MR) is 72.4 cm³/mol. The molecule has 1 fully saturated rings. The second-order valence-electron chi connectivity index (χ2n) is 4.85. The zero-order valence-electron chi connectivity index (χ0n) is 10.4. The summed E-state index contributed by atoms with van der Waals surface area (Å²) in [6, 6.07) is 1.28. The molecule has 1 aliphatic carbocycles. The standard InChI is InChI=1S/C12H16ClN3O3/c13-9-5-11(16(18)19)12(15-7-9)14-6-8-2-1-3-10(17)4-8/h5,7-8,10,17H,1-4,6H2,(H,14,15). The summed E-state index contributed by atoms with van der Waals surface area (Å²) in [5, 5.41) is 23.7. The molecule has 2 rings (SSSR count). The molecule has 0 saturated heterocycles. The molecule has 2 N–H and O–H groups in total. The maximum absolute atomic E-state index is 10.9. The Kier molecular flexibility index (Phi) is 4.55. The fourth-order valence-electron chi connectivity index (χ4n) is 2.39. The molecule has 7 heteroatoms. The maximum Gasteiger partial charge on any atom is 0.312 e. The monoisotopic (exact) mass is 285 g/mol. The van der Waals surface area contributed by atoms with Crippen molar-refractivity contribution in [2.24, 2.45) is 5.92 Å². The number of nitrogens with one attached hydrogen (secondary N) is 1. The van der Waals surface area contributed by atoms with Gasteiger partial charge in [0, 0.05) is 18.8 Å². The maximum atomic E-state index is 10.9. The van der Waals surface area contributed by atoms with Crippen molar-refractivity contribution in [3.63, 3.8) is 0 Å². The smallest absolute Gasteiger partial charge is 0.312 e. The summed E-state index contributed by atoms with van der Waals surface area (Å²) in [6.45, 7) is 0.576. The average Bonchev–Trinajstić information content (AvgIpc) is 2.37. The van der Waals surface area contributed by atoms with Gasteiger partial charge in [-0.1, -0.05) is 18.0 Å². The fourth-order valence-corrected chi connectivity index (χ4v) is 2.55. The van der Waals surface area contributed by atoms with Gasteiger partial charge in [0.05, 0.1) is 16.0 Å². The highest BCUT2D eigenvalue weighted by molar-refractivity contribution is 6.30. The van der Waals surface area contributed by atoms with Crippen LogP contribution in [0.4, 0.5) is 11.5 Å². The van der Waals surface area contributed by atoms with Gasteiger partial charge in [0.2, 0.25) is 5.82 Å². The van der Waals surface area contributed by atoms with E-state index in [1.54, 1.807) is 0 Å². The van der Waals surface area contributed by atoms with Gasteiger partial charge in [-0.25, -0.2) is 4.98 Å². The van der Waals surface area contributed by atoms with E-state index in [1.807, 2.05) is 0 Å². The molecule has 0 spiro atoms. The lowest BCUT2D eigenvalue weighted by Crippen LogP contribution is -2.25. The van der Waals surface area contributed by atoms with Gasteiger partial charge >= 0.3 is 5.69 Å². The summed E-state index contributed by atoms with van der Waals surface area (Å²) in [4.78, 5) is 14.4. The number of nitro groups is 1. The molecule has 0 bridgehead atoms. The number of hydrogen-bond donors (Lipinski definition) is 2. The van der Waals surface area contributed by atoms with E-state index in [0.717, 1.165) is 25.7 Å². The molecule has 1 aromatic rings. The number of nitrogens with zero attached hydrogens (tertiary/aromatic N) is 2. The largest absolute Gasteiger partial charge is 0.393 e. The molecular weight excluding hydrogens is 270 g/mol. The Balaban J connectivity index is 2.01. The van der Waals surface area contributed by atoms with Crippen LogP contribution in [-0.4, -0.2) is 27.7 Å². The first-order chi connectivity index (χ1) is 9.06. The topological polar surface area (TPSA) is 88.3 Å². The van der Waals surface area contributed by atoms with Gasteiger partial charge in [0.1, 0.15) is 0 Å². The second kappa shape index (κ2) is 6.16. The van der Waals surface area contributed by atoms with Crippen LogP contribution in [0.15, 0.2) is 12.3 Å². The van der Waals surface area contributed by atoms with Crippen LogP contribution >= 0.6 is 11.6 Å². The first-order valence-electron chi connectivity index (χ1n) is 6.28. The van der Waals surface area contributed by atoms with E-state index in [2.05, 4.69) is 10.3 Å². The van der Waals surface area contributed by atoms with Gasteiger partial charge < -0.3 is 10.4 Å². The molecule has 0 amide bonds. The second-order valence-corrected chi connectivity index (χ2v) is 5.28. The van der Waals surface area contributed by atoms with E-state index >= 15 is 0 Å². The number of hydrogen-bond acceptors (Lipinski definition) is 5. The van der Waals surface area contributed by atoms with Crippen molar-refractivity contribution >= 4 is 23.1 Å². The summed E-state index contributed by atoms with van der Waals surface area (Å²) in [5.41, 5.74) is -0.121. The minimum Gasteiger partial charge on any atom is -0.393 e. The number of halogens is 1. The molecule has 1 heterocycles. The predicted octanol–water partition coefficient (Wildman–Crippen LogP) is 2.61. The van der Waals surface area contributed by atoms with Crippen LogP contribution in [0.25, 0.3) is 0 Å². The molecule has 2 atom stereocenters. The lowest BCUT2D eigenvalue weighted by molar-refractivity contribution is -0.384. The molecule has 1 aromatic heterocycles. The number of aliphatic hydroxyl groups excluding tert-OH is 1. The SMILES string of the molecule is O=[N+]([O-])c1cc(Cl)cnc1NCC1CCCC(O)C1. The van der Waals surface area contributed by atoms with Crippen LogP contribution in [0.2, 0.25) is 5.02 Å². The Morgan fingerprint density at radius 3 is 3.05 bits per heavy atom. The van der Waals surface area contributed by atoms with Crippen molar-refractivity contribution in [3.05, 3.63) is 27.4 Å². The van der Waals surface area contributed by atoms with Gasteiger partial charge in [-0.2, -0.15) is 0 Å². The Bertz CT molecular complexity index is 470. The van der Waals surface area contributed by atoms with E-state index in [4.69, 9.17) is 11.6 Å². The molecule has 1 aliphatic rings. The highest BCUT2D eigenvalue weighted by atomic mass is 35.5. The molecule has 0 aliphatic heterocycles. The lowest BCUT2D eigenvalue weighted by Gasteiger charge is -2.25. The van der Waals surface area contributed by atoms with Crippen LogP contribution in [0, 0.1) is 16.0 Å². The molecule has 19 heavy (non-hydrogen) atoms. The van der Waals surface area contributed by atoms with Crippen molar-refractivity contribution in [1.29, 1.82) is 0 Å². The van der Waals surface area contributed by atoms with Crippen LogP contribution < -0.4 is 5.32 Å². The van der Waals surface area contributed by atoms with E-state index in [9.17, 15) is 15.2 Å². The zero-order chi connectivity index (χ0) is 13.8. The Morgan fingerprint density at radius 1 is 1.58 bits per heavy atom. The lowest BCUT2D eigenvalue weighted by atomic mass is 9.87. The van der Waals surface area contributed by atoms with Gasteiger partial charge in [-0.05, 0) is 25.2 Å². The van der Waals surface area contributed by atoms with Crippen LogP contribution in [0.3, 0.4) is 0 Å². The van der Waals surface area contributed by atoms with Crippen LogP contribution in [-0.2, 0) is 0 Å². The molecular formula is C12H16ClN3O3.